The van der Waals surface area contributed by atoms with Crippen molar-refractivity contribution in [2.24, 2.45) is 11.7 Å². The molecule has 5 heteroatoms. The Morgan fingerprint density at radius 3 is 2.56 bits per heavy atom. The molecule has 1 aliphatic rings. The fraction of sp³-hybridized carbons (Fsp3) is 0.450. The smallest absolute Gasteiger partial charge is 0.254 e. The minimum absolute atomic E-state index is 0.144. The Labute approximate surface area is 149 Å². The number of rotatable bonds is 6. The van der Waals surface area contributed by atoms with E-state index in [9.17, 15) is 4.79 Å². The molecule has 5 nitrogen and oxygen atoms in total. The molecule has 3 rings (SSSR count). The van der Waals surface area contributed by atoms with Crippen LogP contribution in [0.25, 0.3) is 0 Å². The second-order valence-electron chi connectivity index (χ2n) is 6.96. The van der Waals surface area contributed by atoms with Crippen molar-refractivity contribution in [3.8, 4) is 0 Å². The minimum atomic E-state index is -0.144. The molecule has 0 bridgehead atoms. The topological polar surface area (TPSA) is 71.5 Å². The number of benzene rings is 1. The summed E-state index contributed by atoms with van der Waals surface area (Å²) in [6, 6.07) is 10.2. The van der Waals surface area contributed by atoms with Crippen LogP contribution in [0.5, 0.6) is 0 Å². The SMILES string of the molecule is CC1CCN(Cc2ccc(CNC(=O)c3coc(CN)c3)cc2)CC1. The van der Waals surface area contributed by atoms with Gasteiger partial charge in [-0.05, 0) is 49.0 Å². The summed E-state index contributed by atoms with van der Waals surface area (Å²) in [7, 11) is 0. The van der Waals surface area contributed by atoms with Crippen molar-refractivity contribution >= 4 is 5.91 Å². The van der Waals surface area contributed by atoms with Gasteiger partial charge in [0.25, 0.3) is 5.91 Å². The van der Waals surface area contributed by atoms with Crippen molar-refractivity contribution in [3.63, 3.8) is 0 Å². The lowest BCUT2D eigenvalue weighted by atomic mass is 9.99. The summed E-state index contributed by atoms with van der Waals surface area (Å²) in [4.78, 5) is 14.6. The molecule has 1 aliphatic heterocycles. The van der Waals surface area contributed by atoms with Crippen molar-refractivity contribution in [2.45, 2.75) is 39.4 Å². The lowest BCUT2D eigenvalue weighted by molar-refractivity contribution is 0.0950. The molecule has 1 aromatic heterocycles. The van der Waals surface area contributed by atoms with Crippen molar-refractivity contribution in [2.75, 3.05) is 13.1 Å². The maximum atomic E-state index is 12.1. The second kappa shape index (κ2) is 8.32. The molecular formula is C20H27N3O2. The van der Waals surface area contributed by atoms with Gasteiger partial charge in [-0.15, -0.1) is 0 Å². The Morgan fingerprint density at radius 1 is 1.24 bits per heavy atom. The highest BCUT2D eigenvalue weighted by molar-refractivity contribution is 5.93. The van der Waals surface area contributed by atoms with E-state index in [4.69, 9.17) is 10.2 Å². The number of nitrogens with one attached hydrogen (secondary N) is 1. The molecule has 2 aromatic rings. The zero-order valence-corrected chi connectivity index (χ0v) is 14.8. The first-order valence-electron chi connectivity index (χ1n) is 9.00. The van der Waals surface area contributed by atoms with Crippen molar-refractivity contribution in [1.29, 1.82) is 0 Å². The van der Waals surface area contributed by atoms with Gasteiger partial charge in [0.05, 0.1) is 12.1 Å². The average molecular weight is 341 g/mol. The molecule has 1 amide bonds. The van der Waals surface area contributed by atoms with Gasteiger partial charge in [0.15, 0.2) is 0 Å². The molecule has 0 atom stereocenters. The van der Waals surface area contributed by atoms with E-state index in [1.165, 1.54) is 37.8 Å². The first kappa shape index (κ1) is 17.7. The number of amides is 1. The minimum Gasteiger partial charge on any atom is -0.467 e. The summed E-state index contributed by atoms with van der Waals surface area (Å²) in [6.07, 6.45) is 4.04. The molecule has 134 valence electrons. The number of likely N-dealkylation sites (tertiary alicyclic amines) is 1. The Balaban J connectivity index is 1.48. The van der Waals surface area contributed by atoms with E-state index in [1.54, 1.807) is 6.07 Å². The van der Waals surface area contributed by atoms with Crippen LogP contribution in [0, 0.1) is 5.92 Å². The van der Waals surface area contributed by atoms with Crippen LogP contribution < -0.4 is 11.1 Å². The van der Waals surface area contributed by atoms with Gasteiger partial charge < -0.3 is 15.5 Å². The Kier molecular flexibility index (Phi) is 5.89. The second-order valence-corrected chi connectivity index (χ2v) is 6.96. The zero-order valence-electron chi connectivity index (χ0n) is 14.8. The average Bonchev–Trinajstić information content (AvgIpc) is 3.12. The number of piperidine rings is 1. The van der Waals surface area contributed by atoms with Crippen LogP contribution in [-0.4, -0.2) is 23.9 Å². The van der Waals surface area contributed by atoms with Crippen molar-refractivity contribution < 1.29 is 9.21 Å². The van der Waals surface area contributed by atoms with E-state index < -0.39 is 0 Å². The maximum Gasteiger partial charge on any atom is 0.254 e. The predicted octanol–water partition coefficient (Wildman–Crippen LogP) is 2.90. The van der Waals surface area contributed by atoms with Gasteiger partial charge in [-0.2, -0.15) is 0 Å². The summed E-state index contributed by atoms with van der Waals surface area (Å²) >= 11 is 0. The van der Waals surface area contributed by atoms with Crippen LogP contribution >= 0.6 is 0 Å². The van der Waals surface area contributed by atoms with E-state index in [0.29, 0.717) is 24.4 Å². The van der Waals surface area contributed by atoms with Crippen LogP contribution in [0.15, 0.2) is 41.0 Å². The summed E-state index contributed by atoms with van der Waals surface area (Å²) in [5.74, 6) is 1.33. The van der Waals surface area contributed by atoms with Crippen LogP contribution in [0.3, 0.4) is 0 Å². The molecule has 1 fully saturated rings. The normalized spacial score (nSPS) is 16.1. The van der Waals surface area contributed by atoms with E-state index in [2.05, 4.69) is 41.4 Å². The quantitative estimate of drug-likeness (QED) is 0.847. The first-order chi connectivity index (χ1) is 12.1. The molecule has 2 heterocycles. The summed E-state index contributed by atoms with van der Waals surface area (Å²) in [5, 5.41) is 2.91. The summed E-state index contributed by atoms with van der Waals surface area (Å²) in [6.45, 7) is 6.52. The van der Waals surface area contributed by atoms with Gasteiger partial charge in [0.2, 0.25) is 0 Å². The van der Waals surface area contributed by atoms with E-state index in [-0.39, 0.29) is 5.91 Å². The van der Waals surface area contributed by atoms with Crippen molar-refractivity contribution in [1.82, 2.24) is 10.2 Å². The highest BCUT2D eigenvalue weighted by Crippen LogP contribution is 2.18. The lowest BCUT2D eigenvalue weighted by Crippen LogP contribution is -2.32. The highest BCUT2D eigenvalue weighted by atomic mass is 16.3. The van der Waals surface area contributed by atoms with Gasteiger partial charge in [-0.25, -0.2) is 0 Å². The largest absolute Gasteiger partial charge is 0.467 e. The molecule has 0 aliphatic carbocycles. The number of carbonyl (C=O) groups excluding carboxylic acids is 1. The van der Waals surface area contributed by atoms with E-state index in [1.807, 2.05) is 0 Å². The summed E-state index contributed by atoms with van der Waals surface area (Å²) < 4.78 is 5.19. The third-order valence-corrected chi connectivity index (χ3v) is 4.88. The third kappa shape index (κ3) is 4.94. The lowest BCUT2D eigenvalue weighted by Gasteiger charge is -2.30. The van der Waals surface area contributed by atoms with Crippen LogP contribution in [0.1, 0.15) is 47.0 Å². The Morgan fingerprint density at radius 2 is 1.92 bits per heavy atom. The monoisotopic (exact) mass is 341 g/mol. The Bertz CT molecular complexity index is 685. The number of furan rings is 1. The molecule has 0 spiro atoms. The molecule has 25 heavy (non-hydrogen) atoms. The molecular weight excluding hydrogens is 314 g/mol. The predicted molar refractivity (Wildman–Crippen MR) is 97.9 cm³/mol. The number of nitrogens with zero attached hydrogens (tertiary/aromatic N) is 1. The van der Waals surface area contributed by atoms with E-state index >= 15 is 0 Å². The van der Waals surface area contributed by atoms with Crippen LogP contribution in [0.2, 0.25) is 0 Å². The van der Waals surface area contributed by atoms with Gasteiger partial charge >= 0.3 is 0 Å². The number of hydrogen-bond donors (Lipinski definition) is 2. The third-order valence-electron chi connectivity index (χ3n) is 4.88. The van der Waals surface area contributed by atoms with Gasteiger partial charge in [0, 0.05) is 13.1 Å². The first-order valence-corrected chi connectivity index (χ1v) is 9.00. The Hall–Kier alpha value is -2.11. The van der Waals surface area contributed by atoms with Gasteiger partial charge in [-0.3, -0.25) is 9.69 Å². The molecule has 0 saturated carbocycles. The van der Waals surface area contributed by atoms with E-state index in [0.717, 1.165) is 18.0 Å². The molecule has 3 N–H and O–H groups in total. The zero-order chi connectivity index (χ0) is 17.6. The molecule has 1 saturated heterocycles. The molecule has 0 radical (unpaired) electrons. The van der Waals surface area contributed by atoms with Gasteiger partial charge in [-0.1, -0.05) is 31.2 Å². The highest BCUT2D eigenvalue weighted by Gasteiger charge is 2.15. The maximum absolute atomic E-state index is 12.1. The standard InChI is InChI=1S/C20H27N3O2/c1-15-6-8-23(9-7-15)13-17-4-2-16(3-5-17)12-22-20(24)18-10-19(11-21)25-14-18/h2-5,10,14-15H,6-9,11-13,21H2,1H3,(H,22,24). The number of hydrogen-bond acceptors (Lipinski definition) is 4. The fourth-order valence-electron chi connectivity index (χ4n) is 3.13. The van der Waals surface area contributed by atoms with Gasteiger partial charge in [0.1, 0.15) is 12.0 Å². The van der Waals surface area contributed by atoms with Crippen LogP contribution in [-0.2, 0) is 19.6 Å². The molecule has 1 aromatic carbocycles. The summed E-state index contributed by atoms with van der Waals surface area (Å²) in [5.41, 5.74) is 8.41. The van der Waals surface area contributed by atoms with Crippen LogP contribution in [0.4, 0.5) is 0 Å². The van der Waals surface area contributed by atoms with Crippen molar-refractivity contribution in [3.05, 3.63) is 59.0 Å². The number of carbonyl (C=O) groups is 1. The molecule has 0 unspecified atom stereocenters. The number of nitrogens with two attached hydrogens (primary N) is 1. The fourth-order valence-corrected chi connectivity index (χ4v) is 3.13.